The van der Waals surface area contributed by atoms with Crippen LogP contribution in [0.25, 0.3) is 22.0 Å². The van der Waals surface area contributed by atoms with E-state index in [9.17, 15) is 26.7 Å². The quantitative estimate of drug-likeness (QED) is 0.286. The lowest BCUT2D eigenvalue weighted by Crippen LogP contribution is -2.09. The molecule has 0 radical (unpaired) electrons. The second kappa shape index (κ2) is 7.33. The zero-order valence-electron chi connectivity index (χ0n) is 15.2. The average Bonchev–Trinajstić information content (AvgIpc) is 2.74. The van der Waals surface area contributed by atoms with Crippen LogP contribution in [0.2, 0.25) is 0 Å². The van der Waals surface area contributed by atoms with Crippen molar-refractivity contribution in [2.24, 2.45) is 0 Å². The molecule has 0 amide bonds. The predicted octanol–water partition coefficient (Wildman–Crippen LogP) is 6.43. The lowest BCUT2D eigenvalue weighted by Gasteiger charge is -2.16. The summed E-state index contributed by atoms with van der Waals surface area (Å²) in [5.74, 6) is -2.78. The third kappa shape index (κ3) is 3.43. The molecule has 0 aliphatic heterocycles. The molecule has 0 N–H and O–H groups in total. The number of rotatable bonds is 3. The summed E-state index contributed by atoms with van der Waals surface area (Å²) in [7, 11) is 0. The number of hydrogen-bond acceptors (Lipinski definition) is 2. The van der Waals surface area contributed by atoms with E-state index in [1.807, 2.05) is 0 Å². The first-order valence-electron chi connectivity index (χ1n) is 8.81. The van der Waals surface area contributed by atoms with Crippen molar-refractivity contribution in [2.45, 2.75) is 6.18 Å². The standard InChI is InChI=1S/C23H12F5NO/c24-18-10-9-14(11-19(18)25)20-15-7-4-8-17(23(26,27)28)21(15)29-12-16(20)22(30)13-5-2-1-3-6-13/h1-12H. The average molecular weight is 413 g/mol. The van der Waals surface area contributed by atoms with Crippen molar-refractivity contribution < 1.29 is 26.7 Å². The van der Waals surface area contributed by atoms with Gasteiger partial charge >= 0.3 is 6.18 Å². The predicted molar refractivity (Wildman–Crippen MR) is 102 cm³/mol. The van der Waals surface area contributed by atoms with Crippen LogP contribution >= 0.6 is 0 Å². The van der Waals surface area contributed by atoms with E-state index in [0.29, 0.717) is 0 Å². The third-order valence-corrected chi connectivity index (χ3v) is 4.69. The van der Waals surface area contributed by atoms with E-state index in [-0.39, 0.29) is 33.2 Å². The summed E-state index contributed by atoms with van der Waals surface area (Å²) in [6.45, 7) is 0. The molecular formula is C23H12F5NO. The number of ketones is 1. The number of aromatic nitrogens is 1. The SMILES string of the molecule is O=C(c1ccccc1)c1cnc2c(C(F)(F)F)cccc2c1-c1ccc(F)c(F)c1. The van der Waals surface area contributed by atoms with Gasteiger partial charge in [0, 0.05) is 28.3 Å². The van der Waals surface area contributed by atoms with Crippen LogP contribution in [0.3, 0.4) is 0 Å². The summed E-state index contributed by atoms with van der Waals surface area (Å²) < 4.78 is 67.8. The summed E-state index contributed by atoms with van der Waals surface area (Å²) in [6, 6.07) is 14.5. The molecule has 4 rings (SSSR count). The van der Waals surface area contributed by atoms with Gasteiger partial charge < -0.3 is 0 Å². The fourth-order valence-electron chi connectivity index (χ4n) is 3.33. The number of benzene rings is 3. The van der Waals surface area contributed by atoms with Crippen LogP contribution in [-0.2, 0) is 6.18 Å². The molecule has 0 atom stereocenters. The smallest absolute Gasteiger partial charge is 0.289 e. The number of halogens is 5. The maximum Gasteiger partial charge on any atom is 0.418 e. The molecule has 1 heterocycles. The highest BCUT2D eigenvalue weighted by Gasteiger charge is 2.34. The van der Waals surface area contributed by atoms with Gasteiger partial charge in [0.2, 0.25) is 0 Å². The number of para-hydroxylation sites is 1. The summed E-state index contributed by atoms with van der Waals surface area (Å²) in [5, 5.41) is 0.0117. The van der Waals surface area contributed by atoms with E-state index in [2.05, 4.69) is 4.98 Å². The van der Waals surface area contributed by atoms with Crippen LogP contribution in [0, 0.1) is 11.6 Å². The number of fused-ring (bicyclic) bond motifs is 1. The van der Waals surface area contributed by atoms with E-state index in [4.69, 9.17) is 0 Å². The van der Waals surface area contributed by atoms with Crippen molar-refractivity contribution in [1.82, 2.24) is 4.98 Å². The molecule has 150 valence electrons. The molecule has 0 aliphatic carbocycles. The van der Waals surface area contributed by atoms with Crippen molar-refractivity contribution in [3.63, 3.8) is 0 Å². The summed E-state index contributed by atoms with van der Waals surface area (Å²) in [5.41, 5.74) is -0.968. The molecule has 30 heavy (non-hydrogen) atoms. The van der Waals surface area contributed by atoms with Gasteiger partial charge in [0.15, 0.2) is 17.4 Å². The van der Waals surface area contributed by atoms with Gasteiger partial charge in [0.05, 0.1) is 11.1 Å². The maximum atomic E-state index is 13.9. The van der Waals surface area contributed by atoms with Crippen LogP contribution in [0.5, 0.6) is 0 Å². The topological polar surface area (TPSA) is 30.0 Å². The Morgan fingerprint density at radius 1 is 0.833 bits per heavy atom. The second-order valence-corrected chi connectivity index (χ2v) is 6.57. The van der Waals surface area contributed by atoms with E-state index >= 15 is 0 Å². The number of carbonyl (C=O) groups is 1. The lowest BCUT2D eigenvalue weighted by molar-refractivity contribution is -0.136. The van der Waals surface area contributed by atoms with Crippen LogP contribution in [0.4, 0.5) is 22.0 Å². The van der Waals surface area contributed by atoms with Gasteiger partial charge in [-0.25, -0.2) is 8.78 Å². The Balaban J connectivity index is 2.07. The van der Waals surface area contributed by atoms with Gasteiger partial charge in [-0.1, -0.05) is 48.5 Å². The first-order chi connectivity index (χ1) is 14.3. The van der Waals surface area contributed by atoms with Crippen LogP contribution < -0.4 is 0 Å². The molecular weight excluding hydrogens is 401 g/mol. The van der Waals surface area contributed by atoms with E-state index in [1.165, 1.54) is 18.2 Å². The Labute approximate surface area is 167 Å². The number of pyridine rings is 1. The number of alkyl halides is 3. The van der Waals surface area contributed by atoms with Crippen molar-refractivity contribution in [1.29, 1.82) is 0 Å². The zero-order valence-corrected chi connectivity index (χ0v) is 15.2. The van der Waals surface area contributed by atoms with Gasteiger partial charge in [-0.05, 0) is 23.8 Å². The molecule has 0 unspecified atom stereocenters. The molecule has 0 saturated heterocycles. The number of nitrogens with zero attached hydrogens (tertiary/aromatic N) is 1. The number of hydrogen-bond donors (Lipinski definition) is 0. The van der Waals surface area contributed by atoms with Gasteiger partial charge in [-0.3, -0.25) is 9.78 Å². The minimum atomic E-state index is -4.68. The van der Waals surface area contributed by atoms with Crippen molar-refractivity contribution in [3.05, 3.63) is 101 Å². The Bertz CT molecular complexity index is 1270. The minimum Gasteiger partial charge on any atom is -0.289 e. The molecule has 1 aromatic heterocycles. The zero-order chi connectivity index (χ0) is 21.5. The molecule has 0 spiro atoms. The monoisotopic (exact) mass is 413 g/mol. The van der Waals surface area contributed by atoms with Gasteiger partial charge in [0.1, 0.15) is 0 Å². The highest BCUT2D eigenvalue weighted by Crippen LogP contribution is 2.39. The Morgan fingerprint density at radius 2 is 1.57 bits per heavy atom. The van der Waals surface area contributed by atoms with Gasteiger partial charge in [-0.15, -0.1) is 0 Å². The summed E-state index contributed by atoms with van der Waals surface area (Å²) in [4.78, 5) is 17.0. The second-order valence-electron chi connectivity index (χ2n) is 6.57. The van der Waals surface area contributed by atoms with Gasteiger partial charge in [-0.2, -0.15) is 13.2 Å². The molecule has 4 aromatic rings. The Hall–Kier alpha value is -3.61. The molecule has 0 aliphatic rings. The third-order valence-electron chi connectivity index (χ3n) is 4.69. The largest absolute Gasteiger partial charge is 0.418 e. The van der Waals surface area contributed by atoms with E-state index in [1.54, 1.807) is 30.3 Å². The molecule has 0 bridgehead atoms. The highest BCUT2D eigenvalue weighted by atomic mass is 19.4. The van der Waals surface area contributed by atoms with Crippen LogP contribution in [-0.4, -0.2) is 10.8 Å². The summed E-state index contributed by atoms with van der Waals surface area (Å²) >= 11 is 0. The van der Waals surface area contributed by atoms with Crippen molar-refractivity contribution in [2.75, 3.05) is 0 Å². The first kappa shape index (κ1) is 19.7. The van der Waals surface area contributed by atoms with Gasteiger partial charge in [0.25, 0.3) is 0 Å². The maximum absolute atomic E-state index is 13.9. The molecule has 0 saturated carbocycles. The van der Waals surface area contributed by atoms with Crippen LogP contribution in [0.1, 0.15) is 21.5 Å². The van der Waals surface area contributed by atoms with E-state index < -0.39 is 29.2 Å². The lowest BCUT2D eigenvalue weighted by atomic mass is 9.91. The fraction of sp³-hybridized carbons (Fsp3) is 0.0435. The van der Waals surface area contributed by atoms with Crippen molar-refractivity contribution >= 4 is 16.7 Å². The normalized spacial score (nSPS) is 11.6. The Kier molecular flexibility index (Phi) is 4.81. The number of carbonyl (C=O) groups excluding carboxylic acids is 1. The molecule has 0 fully saturated rings. The minimum absolute atomic E-state index is 0.0117. The summed E-state index contributed by atoms with van der Waals surface area (Å²) in [6.07, 6.45) is -3.63. The van der Waals surface area contributed by atoms with Crippen LogP contribution in [0.15, 0.2) is 72.9 Å². The molecule has 2 nitrogen and oxygen atoms in total. The highest BCUT2D eigenvalue weighted by molar-refractivity contribution is 6.16. The first-order valence-corrected chi connectivity index (χ1v) is 8.81. The Morgan fingerprint density at radius 3 is 2.23 bits per heavy atom. The van der Waals surface area contributed by atoms with E-state index in [0.717, 1.165) is 24.4 Å². The molecule has 3 aromatic carbocycles. The fourth-order valence-corrected chi connectivity index (χ4v) is 3.33. The molecule has 7 heteroatoms. The van der Waals surface area contributed by atoms with Crippen molar-refractivity contribution in [3.8, 4) is 11.1 Å².